The lowest BCUT2D eigenvalue weighted by atomic mass is 10.2. The smallest absolute Gasteiger partial charge is 0.305 e. The number of nitrogens with zero attached hydrogens (tertiary/aromatic N) is 3. The molecule has 0 aliphatic rings. The number of hydrogen-bond donors (Lipinski definition) is 1. The van der Waals surface area contributed by atoms with Crippen LogP contribution < -0.4 is 4.74 Å². The normalized spacial score (nSPS) is 9.80. The van der Waals surface area contributed by atoms with Crippen LogP contribution in [0.2, 0.25) is 0 Å². The number of aliphatic hydroxyl groups is 1. The summed E-state index contributed by atoms with van der Waals surface area (Å²) in [5.74, 6) is 0.538. The van der Waals surface area contributed by atoms with E-state index in [1.54, 1.807) is 30.3 Å². The summed E-state index contributed by atoms with van der Waals surface area (Å²) in [4.78, 5) is 13.8. The molecule has 7 heteroatoms. The maximum Gasteiger partial charge on any atom is 0.305 e. The Morgan fingerprint density at radius 3 is 2.55 bits per heavy atom. The van der Waals surface area contributed by atoms with E-state index in [-0.39, 0.29) is 23.9 Å². The first-order valence-corrected chi connectivity index (χ1v) is 5.57. The molecule has 0 atom stereocenters. The van der Waals surface area contributed by atoms with Crippen molar-refractivity contribution in [3.8, 4) is 17.7 Å². The first-order valence-electron chi connectivity index (χ1n) is 5.57. The highest BCUT2D eigenvalue weighted by Gasteiger charge is 2.16. The number of benzene rings is 1. The average Bonchev–Trinajstić information content (AvgIpc) is 2.47. The van der Waals surface area contributed by atoms with Gasteiger partial charge in [-0.2, -0.15) is 10.2 Å². The van der Waals surface area contributed by atoms with Gasteiger partial charge in [-0.15, -0.1) is 0 Å². The molecular formula is C13H9N3O4. The number of nitriles is 1. The number of hydrogen-bond acceptors (Lipinski definition) is 6. The Labute approximate surface area is 113 Å². The van der Waals surface area contributed by atoms with Crippen molar-refractivity contribution in [3.05, 3.63) is 57.8 Å². The molecule has 0 unspecified atom stereocenters. The monoisotopic (exact) mass is 271 g/mol. The summed E-state index contributed by atoms with van der Waals surface area (Å²) in [6, 6.07) is 10.7. The molecular weight excluding hydrogens is 262 g/mol. The van der Waals surface area contributed by atoms with Crippen molar-refractivity contribution in [2.24, 2.45) is 0 Å². The molecule has 7 nitrogen and oxygen atoms in total. The SMILES string of the molecule is N#Cc1nc(Oc2ccc(CO)cc2)ccc1[N+](=O)[O-]. The number of rotatable bonds is 4. The van der Waals surface area contributed by atoms with Crippen molar-refractivity contribution in [2.75, 3.05) is 0 Å². The summed E-state index contributed by atoms with van der Waals surface area (Å²) < 4.78 is 5.39. The summed E-state index contributed by atoms with van der Waals surface area (Å²) in [6.07, 6.45) is 0. The van der Waals surface area contributed by atoms with E-state index in [1.807, 2.05) is 0 Å². The molecule has 20 heavy (non-hydrogen) atoms. The van der Waals surface area contributed by atoms with E-state index in [9.17, 15) is 10.1 Å². The van der Waals surface area contributed by atoms with Gasteiger partial charge in [0.1, 0.15) is 11.8 Å². The van der Waals surface area contributed by atoms with E-state index in [0.29, 0.717) is 5.75 Å². The largest absolute Gasteiger partial charge is 0.439 e. The number of aromatic nitrogens is 1. The summed E-state index contributed by atoms with van der Waals surface area (Å²) in [6.45, 7) is -0.0748. The Bertz CT molecular complexity index is 677. The van der Waals surface area contributed by atoms with Crippen LogP contribution in [0.3, 0.4) is 0 Å². The second kappa shape index (κ2) is 5.77. The van der Waals surface area contributed by atoms with Gasteiger partial charge in [-0.3, -0.25) is 10.1 Å². The topological polar surface area (TPSA) is 109 Å². The average molecular weight is 271 g/mol. The van der Waals surface area contributed by atoms with Crippen LogP contribution in [0.15, 0.2) is 36.4 Å². The quantitative estimate of drug-likeness (QED) is 0.673. The highest BCUT2D eigenvalue weighted by atomic mass is 16.6. The first kappa shape index (κ1) is 13.5. The predicted octanol–water partition coefficient (Wildman–Crippen LogP) is 2.15. The fourth-order valence-electron chi connectivity index (χ4n) is 1.50. The van der Waals surface area contributed by atoms with Gasteiger partial charge in [0.05, 0.1) is 11.5 Å². The van der Waals surface area contributed by atoms with Crippen molar-refractivity contribution in [1.82, 2.24) is 4.98 Å². The minimum Gasteiger partial charge on any atom is -0.439 e. The minimum atomic E-state index is -0.675. The molecule has 1 heterocycles. The second-order valence-electron chi connectivity index (χ2n) is 3.79. The molecule has 1 aromatic carbocycles. The van der Waals surface area contributed by atoms with E-state index in [1.165, 1.54) is 12.1 Å². The minimum absolute atomic E-state index is 0.0748. The number of ether oxygens (including phenoxy) is 1. The molecule has 0 spiro atoms. The van der Waals surface area contributed by atoms with Crippen LogP contribution in [0, 0.1) is 21.4 Å². The van der Waals surface area contributed by atoms with Gasteiger partial charge >= 0.3 is 5.69 Å². The number of aliphatic hydroxyl groups excluding tert-OH is 1. The van der Waals surface area contributed by atoms with Crippen LogP contribution in [0.25, 0.3) is 0 Å². The third kappa shape index (κ3) is 2.88. The lowest BCUT2D eigenvalue weighted by molar-refractivity contribution is -0.385. The Hall–Kier alpha value is -2.98. The molecule has 0 aliphatic carbocycles. The summed E-state index contributed by atoms with van der Waals surface area (Å²) in [5.41, 5.74) is 0.0571. The Morgan fingerprint density at radius 2 is 2.00 bits per heavy atom. The van der Waals surface area contributed by atoms with Crippen molar-refractivity contribution < 1.29 is 14.8 Å². The molecule has 0 amide bonds. The van der Waals surface area contributed by atoms with E-state index in [0.717, 1.165) is 5.56 Å². The lowest BCUT2D eigenvalue weighted by Gasteiger charge is -2.05. The van der Waals surface area contributed by atoms with Gasteiger partial charge in [0.25, 0.3) is 0 Å². The number of pyridine rings is 1. The van der Waals surface area contributed by atoms with Crippen LogP contribution in [0.4, 0.5) is 5.69 Å². The Balaban J connectivity index is 2.25. The third-order valence-electron chi connectivity index (χ3n) is 2.48. The Morgan fingerprint density at radius 1 is 1.30 bits per heavy atom. The predicted molar refractivity (Wildman–Crippen MR) is 68.0 cm³/mol. The zero-order chi connectivity index (χ0) is 14.5. The van der Waals surface area contributed by atoms with Crippen molar-refractivity contribution in [2.45, 2.75) is 6.61 Å². The summed E-state index contributed by atoms with van der Waals surface area (Å²) >= 11 is 0. The molecule has 0 radical (unpaired) electrons. The maximum atomic E-state index is 10.7. The van der Waals surface area contributed by atoms with Gasteiger partial charge < -0.3 is 9.84 Å². The zero-order valence-corrected chi connectivity index (χ0v) is 10.2. The molecule has 0 aliphatic heterocycles. The van der Waals surface area contributed by atoms with Crippen LogP contribution in [-0.2, 0) is 6.61 Å². The molecule has 1 N–H and O–H groups in total. The van der Waals surface area contributed by atoms with E-state index in [2.05, 4.69) is 4.98 Å². The van der Waals surface area contributed by atoms with E-state index < -0.39 is 4.92 Å². The second-order valence-corrected chi connectivity index (χ2v) is 3.79. The highest BCUT2D eigenvalue weighted by Crippen LogP contribution is 2.24. The molecule has 1 aromatic heterocycles. The van der Waals surface area contributed by atoms with Crippen LogP contribution in [0.1, 0.15) is 11.3 Å². The fourth-order valence-corrected chi connectivity index (χ4v) is 1.50. The molecule has 0 fully saturated rings. The first-order chi connectivity index (χ1) is 9.63. The zero-order valence-electron chi connectivity index (χ0n) is 10.2. The maximum absolute atomic E-state index is 10.7. The molecule has 2 aromatic rings. The van der Waals surface area contributed by atoms with Gasteiger partial charge in [0.15, 0.2) is 0 Å². The van der Waals surface area contributed by atoms with Crippen LogP contribution in [0.5, 0.6) is 11.6 Å². The molecule has 0 saturated heterocycles. The van der Waals surface area contributed by atoms with E-state index in [4.69, 9.17) is 15.1 Å². The van der Waals surface area contributed by atoms with Gasteiger partial charge in [-0.25, -0.2) is 0 Å². The highest BCUT2D eigenvalue weighted by molar-refractivity contribution is 5.45. The van der Waals surface area contributed by atoms with Gasteiger partial charge in [-0.05, 0) is 17.7 Å². The molecule has 0 bridgehead atoms. The van der Waals surface area contributed by atoms with Gasteiger partial charge in [-0.1, -0.05) is 12.1 Å². The van der Waals surface area contributed by atoms with E-state index >= 15 is 0 Å². The molecule has 2 rings (SSSR count). The van der Waals surface area contributed by atoms with Crippen molar-refractivity contribution in [3.63, 3.8) is 0 Å². The van der Waals surface area contributed by atoms with Gasteiger partial charge in [0.2, 0.25) is 11.6 Å². The van der Waals surface area contributed by atoms with Crippen LogP contribution in [-0.4, -0.2) is 15.0 Å². The van der Waals surface area contributed by atoms with Crippen molar-refractivity contribution in [1.29, 1.82) is 5.26 Å². The molecule has 100 valence electrons. The standard InChI is InChI=1S/C13H9N3O4/c14-7-11-12(16(18)19)5-6-13(15-11)20-10-3-1-9(8-17)2-4-10/h1-6,17H,8H2. The van der Waals surface area contributed by atoms with Crippen LogP contribution >= 0.6 is 0 Å². The summed E-state index contributed by atoms with van der Waals surface area (Å²) in [7, 11) is 0. The molecule has 0 saturated carbocycles. The fraction of sp³-hybridized carbons (Fsp3) is 0.0769. The lowest BCUT2D eigenvalue weighted by Crippen LogP contribution is -1.97. The third-order valence-corrected chi connectivity index (χ3v) is 2.48. The van der Waals surface area contributed by atoms with Gasteiger partial charge in [0, 0.05) is 12.1 Å². The summed E-state index contributed by atoms with van der Waals surface area (Å²) in [5, 5.41) is 28.4. The Kier molecular flexibility index (Phi) is 3.88. The number of nitro groups is 1. The van der Waals surface area contributed by atoms with Crippen molar-refractivity contribution >= 4 is 5.69 Å².